The zero-order valence-corrected chi connectivity index (χ0v) is 36.6. The van der Waals surface area contributed by atoms with E-state index in [1.807, 2.05) is 5.32 Å². The van der Waals surface area contributed by atoms with E-state index >= 15 is 0 Å². The minimum Gasteiger partial charge on any atom is -0.481 e. The predicted molar refractivity (Wildman–Crippen MR) is 220 cm³/mol. The fraction of sp³-hybridized carbons (Fsp3) is 0.676. The molecule has 0 aromatic heterocycles. The van der Waals surface area contributed by atoms with Gasteiger partial charge in [-0.05, 0) is 32.1 Å². The number of nitrogens with two attached hydrogens (primary N) is 2. The lowest BCUT2D eigenvalue weighted by Crippen LogP contribution is -2.62. The van der Waals surface area contributed by atoms with E-state index in [0.29, 0.717) is 0 Å². The zero-order chi connectivity index (χ0) is 50.5. The van der Waals surface area contributed by atoms with Crippen molar-refractivity contribution in [3.8, 4) is 0 Å². The van der Waals surface area contributed by atoms with E-state index < -0.39 is 182 Å². The van der Waals surface area contributed by atoms with Gasteiger partial charge in [0.2, 0.25) is 53.2 Å². The number of primary amides is 1. The molecule has 0 rings (SSSR count). The number of aliphatic hydroxyl groups excluding tert-OH is 3. The first-order valence-corrected chi connectivity index (χ1v) is 20.1. The molecule has 28 nitrogen and oxygen atoms in total. The third-order valence-electron chi connectivity index (χ3n) is 9.52. The lowest BCUT2D eigenvalue weighted by Gasteiger charge is -2.29. The Morgan fingerprint density at radius 3 is 1.42 bits per heavy atom. The van der Waals surface area contributed by atoms with Crippen LogP contribution in [0.5, 0.6) is 0 Å². The molecule has 0 saturated heterocycles. The highest BCUT2D eigenvalue weighted by Gasteiger charge is 2.37. The van der Waals surface area contributed by atoms with Crippen LogP contribution in [0.15, 0.2) is 0 Å². The van der Waals surface area contributed by atoms with Crippen LogP contribution < -0.4 is 54.0 Å². The van der Waals surface area contributed by atoms with Crippen molar-refractivity contribution in [2.45, 2.75) is 134 Å². The smallest absolute Gasteiger partial charge is 0.328 e. The molecule has 0 saturated carbocycles. The van der Waals surface area contributed by atoms with Gasteiger partial charge in [-0.15, -0.1) is 0 Å². The first-order valence-electron chi connectivity index (χ1n) is 20.1. The Morgan fingerprint density at radius 2 is 0.954 bits per heavy atom. The Kier molecular flexibility index (Phi) is 25.5. The molecule has 0 aliphatic carbocycles. The first kappa shape index (κ1) is 58.5. The molecule has 0 aromatic rings. The van der Waals surface area contributed by atoms with E-state index in [9.17, 15) is 83.1 Å². The molecule has 9 amide bonds. The highest BCUT2D eigenvalue weighted by molar-refractivity contribution is 5.99. The van der Waals surface area contributed by atoms with Gasteiger partial charge >= 0.3 is 17.9 Å². The highest BCUT2D eigenvalue weighted by atomic mass is 16.4. The van der Waals surface area contributed by atoms with Gasteiger partial charge in [-0.3, -0.25) is 52.7 Å². The molecule has 65 heavy (non-hydrogen) atoms. The Balaban J connectivity index is 6.22. The molecule has 368 valence electrons. The largest absolute Gasteiger partial charge is 0.481 e. The summed E-state index contributed by atoms with van der Waals surface area (Å²) < 4.78 is 0. The lowest BCUT2D eigenvalue weighted by molar-refractivity contribution is -0.143. The van der Waals surface area contributed by atoms with Crippen LogP contribution in [-0.2, 0) is 57.5 Å². The van der Waals surface area contributed by atoms with Crippen LogP contribution in [0.3, 0.4) is 0 Å². The number of rotatable bonds is 30. The molecule has 0 radical (unpaired) electrons. The number of nitrogens with one attached hydrogen (secondary N) is 8. The average molecular weight is 935 g/mol. The van der Waals surface area contributed by atoms with Crippen molar-refractivity contribution < 1.29 is 88.2 Å². The van der Waals surface area contributed by atoms with Gasteiger partial charge in [0.05, 0.1) is 38.2 Å². The second kappa shape index (κ2) is 28.3. The Morgan fingerprint density at radius 1 is 0.508 bits per heavy atom. The number of carboxylic acids is 3. The van der Waals surface area contributed by atoms with Gasteiger partial charge in [0, 0.05) is 6.42 Å². The number of carboxylic acid groups (broad SMARTS) is 3. The van der Waals surface area contributed by atoms with E-state index in [-0.39, 0.29) is 6.42 Å². The maximum absolute atomic E-state index is 13.6. The average Bonchev–Trinajstić information content (AvgIpc) is 3.21. The van der Waals surface area contributed by atoms with Crippen LogP contribution in [-0.4, -0.2) is 175 Å². The monoisotopic (exact) mass is 934 g/mol. The first-order chi connectivity index (χ1) is 30.1. The fourth-order valence-electron chi connectivity index (χ4n) is 5.48. The molecular formula is C37H62N10O18. The van der Waals surface area contributed by atoms with Crippen molar-refractivity contribution in [2.24, 2.45) is 23.3 Å². The van der Waals surface area contributed by atoms with E-state index in [1.54, 1.807) is 6.92 Å². The summed E-state index contributed by atoms with van der Waals surface area (Å²) in [5.41, 5.74) is 10.6. The van der Waals surface area contributed by atoms with E-state index in [4.69, 9.17) is 16.6 Å². The Labute approximate surface area is 372 Å². The van der Waals surface area contributed by atoms with Crippen LogP contribution >= 0.6 is 0 Å². The molecular weight excluding hydrogens is 872 g/mol. The van der Waals surface area contributed by atoms with Crippen LogP contribution in [0.25, 0.3) is 0 Å². The number of aliphatic hydroxyl groups is 3. The van der Waals surface area contributed by atoms with Crippen LogP contribution in [0, 0.1) is 11.8 Å². The number of aliphatic carboxylic acids is 3. The Bertz CT molecular complexity index is 1750. The van der Waals surface area contributed by atoms with Crippen molar-refractivity contribution in [2.75, 3.05) is 13.2 Å². The van der Waals surface area contributed by atoms with Crippen molar-refractivity contribution in [1.82, 2.24) is 42.5 Å². The summed E-state index contributed by atoms with van der Waals surface area (Å²) in [6.45, 7) is 6.14. The molecule has 0 unspecified atom stereocenters. The molecule has 0 fully saturated rings. The molecule has 0 aromatic carbocycles. The summed E-state index contributed by atoms with van der Waals surface area (Å²) in [5, 5.41) is 74.4. The maximum atomic E-state index is 13.6. The fourth-order valence-corrected chi connectivity index (χ4v) is 5.48. The summed E-state index contributed by atoms with van der Waals surface area (Å²) in [7, 11) is 0. The summed E-state index contributed by atoms with van der Waals surface area (Å²) in [5.74, 6) is -16.1. The molecule has 0 bridgehead atoms. The van der Waals surface area contributed by atoms with Gasteiger partial charge in [-0.1, -0.05) is 34.1 Å². The molecule has 28 heteroatoms. The predicted octanol–water partition coefficient (Wildman–Crippen LogP) is -7.42. The van der Waals surface area contributed by atoms with Gasteiger partial charge in [0.25, 0.3) is 0 Å². The van der Waals surface area contributed by atoms with Crippen molar-refractivity contribution >= 4 is 71.1 Å². The maximum Gasteiger partial charge on any atom is 0.328 e. The quantitative estimate of drug-likeness (QED) is 0.0318. The molecule has 0 aliphatic heterocycles. The van der Waals surface area contributed by atoms with Gasteiger partial charge in [-0.25, -0.2) is 4.79 Å². The minimum absolute atomic E-state index is 0.216. The highest BCUT2D eigenvalue weighted by Crippen LogP contribution is 2.11. The number of carbonyl (C=O) groups is 12. The van der Waals surface area contributed by atoms with Crippen molar-refractivity contribution in [3.63, 3.8) is 0 Å². The van der Waals surface area contributed by atoms with Crippen LogP contribution in [0.1, 0.15) is 73.6 Å². The van der Waals surface area contributed by atoms with Gasteiger partial charge < -0.3 is 84.6 Å². The molecule has 0 spiro atoms. The molecule has 0 heterocycles. The topological polar surface area (TPSA) is 474 Å². The van der Waals surface area contributed by atoms with Crippen LogP contribution in [0.2, 0.25) is 0 Å². The third kappa shape index (κ3) is 20.7. The summed E-state index contributed by atoms with van der Waals surface area (Å²) in [4.78, 5) is 151. The second-order valence-corrected chi connectivity index (χ2v) is 15.3. The molecule has 11 atom stereocenters. The number of carbonyl (C=O) groups excluding carboxylic acids is 9. The second-order valence-electron chi connectivity index (χ2n) is 15.3. The summed E-state index contributed by atoms with van der Waals surface area (Å²) in [6.07, 6.45) is -4.34. The van der Waals surface area contributed by atoms with Gasteiger partial charge in [-0.2, -0.15) is 0 Å². The van der Waals surface area contributed by atoms with Crippen molar-refractivity contribution in [1.29, 1.82) is 0 Å². The zero-order valence-electron chi connectivity index (χ0n) is 36.6. The SMILES string of the molecule is CC[C@H](C)[C@H](NC(=O)[C@H](CCC(=O)O)NC(=O)[C@@H](NC(=O)[C@@H](N)CC(N)=O)[C@@H](C)O)C(=O)N[C@@H](C)C(=O)N[C@@H](CC(=O)O)C(=O)N[C@H](C(=O)N[C@@H](CO)C(=O)N[C@@H](CO)C(=O)O)C(C)C. The van der Waals surface area contributed by atoms with E-state index in [1.165, 1.54) is 20.8 Å². The number of hydrogen-bond donors (Lipinski definition) is 16. The molecule has 18 N–H and O–H groups in total. The standard InChI is InChI=1S/C37H62N10O18/c1-7-15(4)27(46-31(58)19(8-9-24(52)53)41-36(63)28(17(6)50)47-30(57)18(38)10-23(39)51)35(62)40-16(5)29(56)42-20(11-25(54)55)32(59)45-26(14(2)3)34(61)43-21(12-48)33(60)44-22(13-49)37(64)65/h14-22,26-28,48-50H,7-13,38H2,1-6H3,(H2,39,51)(H,40,62)(H,41,63)(H,42,56)(H,43,61)(H,44,60)(H,45,59)(H,46,58)(H,47,57)(H,52,53)(H,54,55)(H,64,65)/t15-,16-,17+,18-,19-,20-,21-,22-,26-,27-,28-/m0/s1. The minimum atomic E-state index is -1.90. The van der Waals surface area contributed by atoms with E-state index in [2.05, 4.69) is 37.2 Å². The molecule has 0 aliphatic rings. The number of hydrogen-bond acceptors (Lipinski definition) is 16. The lowest BCUT2D eigenvalue weighted by atomic mass is 9.97. The third-order valence-corrected chi connectivity index (χ3v) is 9.52. The van der Waals surface area contributed by atoms with Crippen LogP contribution in [0.4, 0.5) is 0 Å². The van der Waals surface area contributed by atoms with Gasteiger partial charge in [0.1, 0.15) is 48.3 Å². The Hall–Kier alpha value is -6.52. The normalized spacial score (nSPS) is 16.1. The summed E-state index contributed by atoms with van der Waals surface area (Å²) >= 11 is 0. The van der Waals surface area contributed by atoms with Crippen molar-refractivity contribution in [3.05, 3.63) is 0 Å². The van der Waals surface area contributed by atoms with Gasteiger partial charge in [0.15, 0.2) is 0 Å². The van der Waals surface area contributed by atoms with E-state index in [0.717, 1.165) is 13.8 Å². The summed E-state index contributed by atoms with van der Waals surface area (Å²) in [6, 6.07) is -15.0. The number of amides is 9.